The van der Waals surface area contributed by atoms with E-state index in [2.05, 4.69) is 4.99 Å². The second-order valence-corrected chi connectivity index (χ2v) is 7.96. The number of fused-ring (bicyclic) bond motifs is 1. The number of carbonyl (C=O) groups is 1. The minimum absolute atomic E-state index is 0.262. The molecule has 6 heteroatoms. The van der Waals surface area contributed by atoms with Crippen LogP contribution in [0, 0.1) is 0 Å². The highest BCUT2D eigenvalue weighted by atomic mass is 32.1. The van der Waals surface area contributed by atoms with E-state index in [4.69, 9.17) is 9.47 Å². The Balaban J connectivity index is 1.69. The maximum atomic E-state index is 12.9. The van der Waals surface area contributed by atoms with Crippen molar-refractivity contribution in [2.24, 2.45) is 4.99 Å². The number of aromatic nitrogens is 1. The van der Waals surface area contributed by atoms with Crippen LogP contribution >= 0.6 is 11.3 Å². The first-order valence-corrected chi connectivity index (χ1v) is 11.0. The molecule has 0 N–H and O–H groups in total. The lowest BCUT2D eigenvalue weighted by molar-refractivity contribution is 0.0997. The summed E-state index contributed by atoms with van der Waals surface area (Å²) < 4.78 is 13.9. The number of methoxy groups -OCH3 is 1. The molecule has 0 aliphatic rings. The molecule has 0 atom stereocenters. The second kappa shape index (κ2) is 9.73. The predicted octanol–water partition coefficient (Wildman–Crippen LogP) is 5.16. The summed E-state index contributed by atoms with van der Waals surface area (Å²) >= 11 is 1.48. The number of hydrogen-bond acceptors (Lipinski definition) is 4. The molecule has 0 radical (unpaired) electrons. The standard InChI is InChI=1S/C25H24N2O3S/c1-3-30-21-13-14-22-23(17-21)31-25(27(22)15-16-29-2)26-24(28)20-11-9-19(10-12-20)18-7-5-4-6-8-18/h4-14,17H,3,15-16H2,1-2H3. The molecule has 1 heterocycles. The number of hydrogen-bond donors (Lipinski definition) is 0. The lowest BCUT2D eigenvalue weighted by Gasteiger charge is -2.06. The van der Waals surface area contributed by atoms with E-state index in [9.17, 15) is 4.79 Å². The fraction of sp³-hybridized carbons (Fsp3) is 0.200. The van der Waals surface area contributed by atoms with Gasteiger partial charge in [-0.05, 0) is 48.4 Å². The molecule has 0 spiro atoms. The van der Waals surface area contributed by atoms with Crippen molar-refractivity contribution in [2.75, 3.05) is 20.3 Å². The molecule has 0 unspecified atom stereocenters. The summed E-state index contributed by atoms with van der Waals surface area (Å²) in [6.45, 7) is 3.71. The Kier molecular flexibility index (Phi) is 6.60. The van der Waals surface area contributed by atoms with E-state index >= 15 is 0 Å². The Morgan fingerprint density at radius 2 is 1.74 bits per heavy atom. The SMILES string of the molecule is CCOc1ccc2c(c1)sc(=NC(=O)c1ccc(-c3ccccc3)cc1)n2CCOC. The van der Waals surface area contributed by atoms with Crippen LogP contribution in [0.1, 0.15) is 17.3 Å². The van der Waals surface area contributed by atoms with Gasteiger partial charge in [-0.3, -0.25) is 4.79 Å². The number of benzene rings is 3. The Morgan fingerprint density at radius 1 is 1.00 bits per heavy atom. The van der Waals surface area contributed by atoms with Gasteiger partial charge in [-0.2, -0.15) is 4.99 Å². The van der Waals surface area contributed by atoms with Gasteiger partial charge in [0.05, 0.1) is 23.4 Å². The molecule has 0 aliphatic carbocycles. The van der Waals surface area contributed by atoms with E-state index in [1.165, 1.54) is 11.3 Å². The monoisotopic (exact) mass is 432 g/mol. The number of rotatable bonds is 7. The van der Waals surface area contributed by atoms with Crippen molar-refractivity contribution in [3.05, 3.63) is 83.2 Å². The summed E-state index contributed by atoms with van der Waals surface area (Å²) in [6, 6.07) is 23.6. The molecule has 0 aliphatic heterocycles. The topological polar surface area (TPSA) is 52.8 Å². The van der Waals surface area contributed by atoms with Crippen LogP contribution < -0.4 is 9.54 Å². The van der Waals surface area contributed by atoms with Crippen molar-refractivity contribution >= 4 is 27.5 Å². The Hall–Kier alpha value is -3.22. The van der Waals surface area contributed by atoms with Gasteiger partial charge in [-0.25, -0.2) is 0 Å². The van der Waals surface area contributed by atoms with Crippen LogP contribution in [0.2, 0.25) is 0 Å². The second-order valence-electron chi connectivity index (χ2n) is 6.95. The molecule has 1 aromatic heterocycles. The smallest absolute Gasteiger partial charge is 0.279 e. The maximum Gasteiger partial charge on any atom is 0.279 e. The average molecular weight is 433 g/mol. The average Bonchev–Trinajstić information content (AvgIpc) is 3.14. The van der Waals surface area contributed by atoms with E-state index in [1.54, 1.807) is 7.11 Å². The van der Waals surface area contributed by atoms with E-state index in [-0.39, 0.29) is 5.91 Å². The molecule has 0 saturated heterocycles. The van der Waals surface area contributed by atoms with Gasteiger partial charge in [0.15, 0.2) is 4.80 Å². The highest BCUT2D eigenvalue weighted by Gasteiger charge is 2.11. The lowest BCUT2D eigenvalue weighted by Crippen LogP contribution is -2.19. The lowest BCUT2D eigenvalue weighted by atomic mass is 10.0. The quantitative estimate of drug-likeness (QED) is 0.406. The van der Waals surface area contributed by atoms with Crippen molar-refractivity contribution in [1.29, 1.82) is 0 Å². The summed E-state index contributed by atoms with van der Waals surface area (Å²) in [6.07, 6.45) is 0. The zero-order valence-electron chi connectivity index (χ0n) is 17.6. The van der Waals surface area contributed by atoms with Crippen LogP contribution in [0.25, 0.3) is 21.3 Å². The third-order valence-corrected chi connectivity index (χ3v) is 5.96. The van der Waals surface area contributed by atoms with Gasteiger partial charge < -0.3 is 14.0 Å². The molecule has 3 aromatic carbocycles. The van der Waals surface area contributed by atoms with Crippen molar-refractivity contribution < 1.29 is 14.3 Å². The third-order valence-electron chi connectivity index (χ3n) is 4.92. The van der Waals surface area contributed by atoms with Crippen molar-refractivity contribution in [1.82, 2.24) is 4.57 Å². The zero-order chi connectivity index (χ0) is 21.6. The maximum absolute atomic E-state index is 12.9. The highest BCUT2D eigenvalue weighted by Crippen LogP contribution is 2.24. The van der Waals surface area contributed by atoms with Crippen molar-refractivity contribution in [3.63, 3.8) is 0 Å². The summed E-state index contributed by atoms with van der Waals surface area (Å²) in [7, 11) is 1.67. The Morgan fingerprint density at radius 3 is 2.45 bits per heavy atom. The molecule has 4 rings (SSSR count). The number of amides is 1. The molecule has 4 aromatic rings. The van der Waals surface area contributed by atoms with E-state index in [1.807, 2.05) is 84.3 Å². The number of nitrogens with zero attached hydrogens (tertiary/aromatic N) is 2. The fourth-order valence-corrected chi connectivity index (χ4v) is 4.46. The summed E-state index contributed by atoms with van der Waals surface area (Å²) in [4.78, 5) is 18.0. The molecular formula is C25H24N2O3S. The fourth-order valence-electron chi connectivity index (χ4n) is 3.38. The Bertz CT molecular complexity index is 1240. The van der Waals surface area contributed by atoms with Gasteiger partial charge in [-0.15, -0.1) is 0 Å². The number of carbonyl (C=O) groups excluding carboxylic acids is 1. The normalized spacial score (nSPS) is 11.7. The molecule has 0 bridgehead atoms. The van der Waals surface area contributed by atoms with Crippen LogP contribution in [-0.2, 0) is 11.3 Å². The van der Waals surface area contributed by atoms with Gasteiger partial charge in [0.2, 0.25) is 0 Å². The van der Waals surface area contributed by atoms with Crippen molar-refractivity contribution in [2.45, 2.75) is 13.5 Å². The Labute approximate surface area is 185 Å². The van der Waals surface area contributed by atoms with E-state index < -0.39 is 0 Å². The molecule has 31 heavy (non-hydrogen) atoms. The number of ether oxygens (including phenoxy) is 2. The first-order valence-electron chi connectivity index (χ1n) is 10.2. The van der Waals surface area contributed by atoms with Crippen LogP contribution in [-0.4, -0.2) is 30.8 Å². The molecule has 1 amide bonds. The molecule has 0 saturated carbocycles. The minimum atomic E-state index is -0.262. The van der Waals surface area contributed by atoms with Crippen LogP contribution in [0.5, 0.6) is 5.75 Å². The minimum Gasteiger partial charge on any atom is -0.494 e. The highest BCUT2D eigenvalue weighted by molar-refractivity contribution is 7.16. The summed E-state index contributed by atoms with van der Waals surface area (Å²) in [5.74, 6) is 0.548. The molecule has 0 fully saturated rings. The van der Waals surface area contributed by atoms with E-state index in [0.717, 1.165) is 27.1 Å². The molecular weight excluding hydrogens is 408 g/mol. The third kappa shape index (κ3) is 4.76. The van der Waals surface area contributed by atoms with Gasteiger partial charge in [0.25, 0.3) is 5.91 Å². The summed E-state index contributed by atoms with van der Waals surface area (Å²) in [5.41, 5.74) is 3.75. The first kappa shape index (κ1) is 21.0. The molecule has 158 valence electrons. The van der Waals surface area contributed by atoms with Gasteiger partial charge in [-0.1, -0.05) is 53.8 Å². The van der Waals surface area contributed by atoms with Gasteiger partial charge >= 0.3 is 0 Å². The zero-order valence-corrected chi connectivity index (χ0v) is 18.4. The van der Waals surface area contributed by atoms with Crippen LogP contribution in [0.3, 0.4) is 0 Å². The first-order chi connectivity index (χ1) is 15.2. The van der Waals surface area contributed by atoms with Crippen molar-refractivity contribution in [3.8, 4) is 16.9 Å². The van der Waals surface area contributed by atoms with Crippen LogP contribution in [0.4, 0.5) is 0 Å². The van der Waals surface area contributed by atoms with Gasteiger partial charge in [0, 0.05) is 19.2 Å². The number of thiazole rings is 1. The largest absolute Gasteiger partial charge is 0.494 e. The summed E-state index contributed by atoms with van der Waals surface area (Å²) in [5, 5.41) is 0. The van der Waals surface area contributed by atoms with Crippen LogP contribution in [0.15, 0.2) is 77.8 Å². The molecule has 5 nitrogen and oxygen atoms in total. The predicted molar refractivity (Wildman–Crippen MR) is 125 cm³/mol. The van der Waals surface area contributed by atoms with Gasteiger partial charge in [0.1, 0.15) is 5.75 Å². The van der Waals surface area contributed by atoms with E-state index in [0.29, 0.717) is 30.1 Å².